The number of rotatable bonds is 12. The van der Waals surface area contributed by atoms with Crippen LogP contribution < -0.4 is 49.6 Å². The zero-order chi connectivity index (χ0) is 33.6. The van der Waals surface area contributed by atoms with E-state index in [-0.39, 0.29) is 62.5 Å². The molecule has 2 N–H and O–H groups in total. The molecule has 0 unspecified atom stereocenters. The van der Waals surface area contributed by atoms with E-state index >= 15 is 0 Å². The van der Waals surface area contributed by atoms with Gasteiger partial charge in [-0.1, -0.05) is 72.8 Å². The molecule has 3 aromatic rings. The van der Waals surface area contributed by atoms with Crippen molar-refractivity contribution in [2.24, 2.45) is 11.8 Å². The van der Waals surface area contributed by atoms with Crippen molar-refractivity contribution in [1.29, 1.82) is 0 Å². The minimum atomic E-state index is -1.06. The van der Waals surface area contributed by atoms with Gasteiger partial charge in [0.05, 0.1) is 25.9 Å². The molecular formula is C40H54Cl4N4O4. The fourth-order valence-electron chi connectivity index (χ4n) is 9.11. The van der Waals surface area contributed by atoms with E-state index in [0.717, 1.165) is 39.8 Å². The SMILES string of the molecule is C[N+]12CC[N+](Cc3ccc(-c4ccc(C[C@H](C(=O)O)[C@H](Cc5cccc(C[N+]67CC[N+](C)(CC6)CC7)c5)C(=O)O)cc4)cc3)(CC1)CC2.[Cl-].[Cl-].[Cl-].[Cl-]. The van der Waals surface area contributed by atoms with Crippen molar-refractivity contribution in [1.82, 2.24) is 0 Å². The minimum absolute atomic E-state index is 0. The number of hydrogen-bond donors (Lipinski definition) is 2. The molecule has 6 aliphatic heterocycles. The average molecular weight is 797 g/mol. The fourth-order valence-corrected chi connectivity index (χ4v) is 9.11. The topological polar surface area (TPSA) is 74.6 Å². The van der Waals surface area contributed by atoms with E-state index in [0.29, 0.717) is 0 Å². The number of hydrogen-bond acceptors (Lipinski definition) is 2. The lowest BCUT2D eigenvalue weighted by Gasteiger charge is -2.54. The van der Waals surface area contributed by atoms with Gasteiger partial charge in [0, 0.05) is 11.1 Å². The van der Waals surface area contributed by atoms with E-state index in [1.165, 1.54) is 103 Å². The summed E-state index contributed by atoms with van der Waals surface area (Å²) < 4.78 is 4.75. The van der Waals surface area contributed by atoms with Crippen LogP contribution in [0.3, 0.4) is 0 Å². The number of likely N-dealkylation sites (N-methyl/N-ethyl adjacent to an activating group) is 2. The van der Waals surface area contributed by atoms with E-state index < -0.39 is 23.8 Å². The second-order valence-corrected chi connectivity index (χ2v) is 16.4. The summed E-state index contributed by atoms with van der Waals surface area (Å²) in [6.07, 6.45) is 0.387. The number of carbonyl (C=O) groups is 2. The quantitative estimate of drug-likeness (QED) is 0.179. The van der Waals surface area contributed by atoms with Gasteiger partial charge in [0.2, 0.25) is 0 Å². The first-order valence-corrected chi connectivity index (χ1v) is 18.0. The Balaban J connectivity index is 0.00000182. The van der Waals surface area contributed by atoms with Gasteiger partial charge in [-0.05, 0) is 35.1 Å². The highest BCUT2D eigenvalue weighted by Crippen LogP contribution is 2.31. The number of quaternary nitrogens is 4. The van der Waals surface area contributed by atoms with Crippen LogP contribution in [0.25, 0.3) is 11.1 Å². The van der Waals surface area contributed by atoms with Gasteiger partial charge in [0.15, 0.2) is 0 Å². The van der Waals surface area contributed by atoms with Crippen molar-refractivity contribution in [2.75, 3.05) is 92.6 Å². The van der Waals surface area contributed by atoms with E-state index in [2.05, 4.69) is 50.5 Å². The lowest BCUT2D eigenvalue weighted by Crippen LogP contribution is -3.00. The maximum absolute atomic E-state index is 12.6. The van der Waals surface area contributed by atoms with Crippen LogP contribution in [0.2, 0.25) is 0 Å². The van der Waals surface area contributed by atoms with Crippen LogP contribution in [0.4, 0.5) is 0 Å². The third-order valence-electron chi connectivity index (χ3n) is 13.0. The molecule has 6 heterocycles. The zero-order valence-corrected chi connectivity index (χ0v) is 33.4. The van der Waals surface area contributed by atoms with Crippen LogP contribution in [0.1, 0.15) is 22.3 Å². The number of fused-ring (bicyclic) bond motifs is 6. The Bertz CT molecular complexity index is 1620. The van der Waals surface area contributed by atoms with Crippen LogP contribution in [0, 0.1) is 11.8 Å². The molecule has 0 aromatic heterocycles. The molecule has 0 aliphatic carbocycles. The van der Waals surface area contributed by atoms with Gasteiger partial charge in [-0.3, -0.25) is 9.59 Å². The first-order chi connectivity index (χ1) is 22.9. The van der Waals surface area contributed by atoms with Gasteiger partial charge in [-0.15, -0.1) is 0 Å². The van der Waals surface area contributed by atoms with Crippen LogP contribution in [0.5, 0.6) is 0 Å². The van der Waals surface area contributed by atoms with Crippen LogP contribution >= 0.6 is 0 Å². The predicted octanol–water partition coefficient (Wildman–Crippen LogP) is -7.86. The Morgan fingerprint density at radius 3 is 1.25 bits per heavy atom. The number of piperazine rings is 6. The van der Waals surface area contributed by atoms with E-state index in [4.69, 9.17) is 0 Å². The number of nitrogens with zero attached hydrogens (tertiary/aromatic N) is 4. The van der Waals surface area contributed by atoms with Crippen molar-refractivity contribution in [3.8, 4) is 11.1 Å². The summed E-state index contributed by atoms with van der Waals surface area (Å²) in [5.74, 6) is -4.15. The molecule has 6 fully saturated rings. The summed E-state index contributed by atoms with van der Waals surface area (Å²) in [6, 6.07) is 25.1. The molecular weight excluding hydrogens is 742 g/mol. The van der Waals surface area contributed by atoms with Gasteiger partial charge < -0.3 is 77.8 Å². The second-order valence-electron chi connectivity index (χ2n) is 16.4. The normalized spacial score (nSPS) is 28.2. The maximum atomic E-state index is 12.6. The lowest BCUT2D eigenvalue weighted by atomic mass is 9.82. The number of aliphatic carboxylic acids is 2. The molecule has 12 heteroatoms. The van der Waals surface area contributed by atoms with Crippen molar-refractivity contribution in [3.63, 3.8) is 0 Å². The minimum Gasteiger partial charge on any atom is -1.00 e. The predicted molar refractivity (Wildman–Crippen MR) is 187 cm³/mol. The zero-order valence-electron chi connectivity index (χ0n) is 30.4. The maximum Gasteiger partial charge on any atom is 0.307 e. The standard InChI is InChI=1S/C40H52N4O4.4ClH/c1-41-14-20-43(21-15-41,22-16-41)29-32-8-12-36(13-9-32)35-10-6-31(7-11-35)27-37(39(45)46)38(40(47)48)28-33-4-3-5-34(26-33)30-44-23-17-42(2,18-24-44)19-25-44;;;;/h3-13,26,37-38H,14-25,27-30H2,1-2H3;4*1H/q+2;;;;/p-2/t37-,38-,41?,42?,43?,44?;;;;/m0..../s1. The summed E-state index contributed by atoms with van der Waals surface area (Å²) >= 11 is 0. The van der Waals surface area contributed by atoms with Gasteiger partial charge in [0.1, 0.15) is 91.6 Å². The van der Waals surface area contributed by atoms with Crippen LogP contribution in [-0.4, -0.2) is 133 Å². The largest absolute Gasteiger partial charge is 1.00 e. The molecule has 286 valence electrons. The molecule has 4 bridgehead atoms. The molecule has 0 amide bonds. The molecule has 52 heavy (non-hydrogen) atoms. The number of benzene rings is 3. The summed E-state index contributed by atoms with van der Waals surface area (Å²) in [6.45, 7) is 16.9. The first kappa shape index (κ1) is 44.0. The van der Waals surface area contributed by atoms with Crippen LogP contribution in [-0.2, 0) is 35.5 Å². The average Bonchev–Trinajstić information content (AvgIpc) is 3.08. The fraction of sp³-hybridized carbons (Fsp3) is 0.500. The van der Waals surface area contributed by atoms with Gasteiger partial charge in [-0.25, -0.2) is 0 Å². The Kier molecular flexibility index (Phi) is 14.7. The summed E-state index contributed by atoms with van der Waals surface area (Å²) in [5.41, 5.74) is 6.57. The second kappa shape index (κ2) is 17.4. The molecule has 0 radical (unpaired) electrons. The third-order valence-corrected chi connectivity index (χ3v) is 13.0. The summed E-state index contributed by atoms with van der Waals surface area (Å²) in [7, 11) is 4.77. The molecule has 9 rings (SSSR count). The monoisotopic (exact) mass is 794 g/mol. The molecule has 8 nitrogen and oxygen atoms in total. The summed E-state index contributed by atoms with van der Waals surface area (Å²) in [4.78, 5) is 25.1. The Labute approximate surface area is 334 Å². The highest BCUT2D eigenvalue weighted by molar-refractivity contribution is 5.80. The molecule has 6 saturated heterocycles. The highest BCUT2D eigenvalue weighted by Gasteiger charge is 2.47. The van der Waals surface area contributed by atoms with Crippen molar-refractivity contribution in [3.05, 3.63) is 95.1 Å². The smallest absolute Gasteiger partial charge is 0.307 e. The Hall–Kier alpha value is -2.40. The number of carboxylic acid groups (broad SMARTS) is 2. The van der Waals surface area contributed by atoms with E-state index in [1.807, 2.05) is 36.4 Å². The van der Waals surface area contributed by atoms with Gasteiger partial charge in [0.25, 0.3) is 0 Å². The number of carboxylic acids is 2. The molecule has 6 aliphatic rings. The van der Waals surface area contributed by atoms with Crippen molar-refractivity contribution >= 4 is 11.9 Å². The third kappa shape index (κ3) is 9.63. The molecule has 3 aromatic carbocycles. The molecule has 0 spiro atoms. The van der Waals surface area contributed by atoms with Crippen molar-refractivity contribution in [2.45, 2.75) is 25.9 Å². The van der Waals surface area contributed by atoms with Crippen LogP contribution in [0.15, 0.2) is 72.8 Å². The lowest BCUT2D eigenvalue weighted by molar-refractivity contribution is -1.08. The number of halogens is 4. The Morgan fingerprint density at radius 1 is 0.500 bits per heavy atom. The first-order valence-electron chi connectivity index (χ1n) is 18.0. The molecule has 2 atom stereocenters. The molecule has 0 saturated carbocycles. The van der Waals surface area contributed by atoms with Gasteiger partial charge in [-0.2, -0.15) is 0 Å². The van der Waals surface area contributed by atoms with Crippen molar-refractivity contribution < 1.29 is 87.4 Å². The van der Waals surface area contributed by atoms with E-state index in [9.17, 15) is 19.8 Å². The Morgan fingerprint density at radius 2 is 0.846 bits per heavy atom. The van der Waals surface area contributed by atoms with E-state index in [1.54, 1.807) is 0 Å². The highest BCUT2D eigenvalue weighted by atomic mass is 35.5. The summed E-state index contributed by atoms with van der Waals surface area (Å²) in [5, 5.41) is 20.5. The van der Waals surface area contributed by atoms with Gasteiger partial charge >= 0.3 is 11.9 Å².